The van der Waals surface area contributed by atoms with Gasteiger partial charge in [0.15, 0.2) is 5.69 Å². The molecule has 0 radical (unpaired) electrons. The lowest BCUT2D eigenvalue weighted by Crippen LogP contribution is -2.41. The number of pyridine rings is 1. The van der Waals surface area contributed by atoms with E-state index in [1.165, 1.54) is 0 Å². The first kappa shape index (κ1) is 19.0. The number of ether oxygens (including phenoxy) is 1. The first-order valence-electron chi connectivity index (χ1n) is 9.05. The van der Waals surface area contributed by atoms with Crippen molar-refractivity contribution < 1.29 is 14.3 Å². The van der Waals surface area contributed by atoms with Crippen LogP contribution in [0.5, 0.6) is 0 Å². The Morgan fingerprint density at radius 1 is 1.33 bits per heavy atom. The van der Waals surface area contributed by atoms with E-state index in [2.05, 4.69) is 20.6 Å². The third-order valence-electron chi connectivity index (χ3n) is 4.50. The molecule has 0 unspecified atom stereocenters. The van der Waals surface area contributed by atoms with Gasteiger partial charge in [-0.2, -0.15) is 0 Å². The summed E-state index contributed by atoms with van der Waals surface area (Å²) in [5, 5.41) is 10.7. The molecule has 144 valence electrons. The zero-order chi connectivity index (χ0) is 19.1. The normalized spacial score (nSPS) is 16.9. The molecule has 9 nitrogen and oxygen atoms in total. The van der Waals surface area contributed by atoms with Crippen molar-refractivity contribution in [1.82, 2.24) is 30.2 Å². The van der Waals surface area contributed by atoms with E-state index in [1.807, 2.05) is 11.0 Å². The maximum absolute atomic E-state index is 12.6. The van der Waals surface area contributed by atoms with Crippen LogP contribution in [0.15, 0.2) is 30.6 Å². The third kappa shape index (κ3) is 5.10. The summed E-state index contributed by atoms with van der Waals surface area (Å²) in [4.78, 5) is 30.5. The van der Waals surface area contributed by atoms with Gasteiger partial charge in [0, 0.05) is 39.5 Å². The Morgan fingerprint density at radius 3 is 3.00 bits per heavy atom. The number of hydrogen-bond donors (Lipinski definition) is 1. The zero-order valence-electron chi connectivity index (χ0n) is 15.4. The van der Waals surface area contributed by atoms with Crippen LogP contribution in [0.25, 0.3) is 0 Å². The van der Waals surface area contributed by atoms with Crippen molar-refractivity contribution >= 4 is 11.8 Å². The first-order chi connectivity index (χ1) is 13.2. The number of rotatable bonds is 7. The first-order valence-corrected chi connectivity index (χ1v) is 9.05. The van der Waals surface area contributed by atoms with Crippen LogP contribution in [-0.2, 0) is 11.3 Å². The van der Waals surface area contributed by atoms with E-state index < -0.39 is 0 Å². The Morgan fingerprint density at radius 2 is 2.22 bits per heavy atom. The van der Waals surface area contributed by atoms with Crippen LogP contribution in [0.4, 0.5) is 0 Å². The predicted molar refractivity (Wildman–Crippen MR) is 97.1 cm³/mol. The summed E-state index contributed by atoms with van der Waals surface area (Å²) in [6.07, 6.45) is 5.20. The Hall–Kier alpha value is -2.81. The Kier molecular flexibility index (Phi) is 6.48. The maximum atomic E-state index is 12.6. The van der Waals surface area contributed by atoms with E-state index in [9.17, 15) is 9.59 Å². The molecule has 1 aliphatic rings. The molecule has 0 aromatic carbocycles. The second-order valence-electron chi connectivity index (χ2n) is 6.55. The number of methoxy groups -OCH3 is 1. The number of nitrogens with one attached hydrogen (secondary N) is 1. The monoisotopic (exact) mass is 372 g/mol. The molecule has 9 heteroatoms. The minimum atomic E-state index is -0.270. The SMILES string of the molecule is COCCNC(=O)c1cn(C[C@@H]2CCCN(C(=O)c3ccccn3)C2)nn1. The van der Waals surface area contributed by atoms with Gasteiger partial charge in [-0.05, 0) is 30.9 Å². The Bertz CT molecular complexity index is 763. The molecule has 1 aliphatic heterocycles. The number of likely N-dealkylation sites (tertiary alicyclic amines) is 1. The van der Waals surface area contributed by atoms with Crippen LogP contribution in [0.3, 0.4) is 0 Å². The number of piperidine rings is 1. The number of amides is 2. The standard InChI is InChI=1S/C18H24N6O3/c1-27-10-8-20-17(25)16-13-24(22-21-16)12-14-5-4-9-23(11-14)18(26)15-6-2-3-7-19-15/h2-3,6-7,13-14H,4-5,8-12H2,1H3,(H,20,25)/t14-/m1/s1. The van der Waals surface area contributed by atoms with Crippen molar-refractivity contribution in [3.05, 3.63) is 42.0 Å². The molecule has 3 heterocycles. The van der Waals surface area contributed by atoms with Gasteiger partial charge in [-0.25, -0.2) is 0 Å². The lowest BCUT2D eigenvalue weighted by atomic mass is 9.97. The van der Waals surface area contributed by atoms with Gasteiger partial charge in [0.05, 0.1) is 12.8 Å². The number of carbonyl (C=O) groups excluding carboxylic acids is 2. The predicted octanol–water partition coefficient (Wildman–Crippen LogP) is 0.602. The van der Waals surface area contributed by atoms with Gasteiger partial charge in [0.25, 0.3) is 11.8 Å². The molecule has 3 rings (SSSR count). The molecular formula is C18H24N6O3. The molecule has 0 bridgehead atoms. The van der Waals surface area contributed by atoms with Gasteiger partial charge in [0.2, 0.25) is 0 Å². The van der Waals surface area contributed by atoms with Gasteiger partial charge in [-0.3, -0.25) is 19.3 Å². The van der Waals surface area contributed by atoms with E-state index in [4.69, 9.17) is 4.74 Å². The van der Waals surface area contributed by atoms with E-state index >= 15 is 0 Å². The number of carbonyl (C=O) groups is 2. The summed E-state index contributed by atoms with van der Waals surface area (Å²) in [5.41, 5.74) is 0.747. The van der Waals surface area contributed by atoms with E-state index in [0.717, 1.165) is 19.4 Å². The summed E-state index contributed by atoms with van der Waals surface area (Å²) in [6.45, 7) is 2.86. The average molecular weight is 372 g/mol. The van der Waals surface area contributed by atoms with Gasteiger partial charge >= 0.3 is 0 Å². The van der Waals surface area contributed by atoms with Gasteiger partial charge < -0.3 is 15.0 Å². The molecule has 27 heavy (non-hydrogen) atoms. The van der Waals surface area contributed by atoms with Crippen LogP contribution < -0.4 is 5.32 Å². The second-order valence-corrected chi connectivity index (χ2v) is 6.55. The number of aromatic nitrogens is 4. The van der Waals surface area contributed by atoms with Crippen molar-refractivity contribution in [3.8, 4) is 0 Å². The van der Waals surface area contributed by atoms with Gasteiger partial charge in [-0.1, -0.05) is 11.3 Å². The minimum Gasteiger partial charge on any atom is -0.383 e. The summed E-state index contributed by atoms with van der Waals surface area (Å²) in [6, 6.07) is 5.34. The quantitative estimate of drug-likeness (QED) is 0.714. The topological polar surface area (TPSA) is 102 Å². The fraction of sp³-hybridized carbons (Fsp3) is 0.500. The highest BCUT2D eigenvalue weighted by molar-refractivity contribution is 5.92. The van der Waals surface area contributed by atoms with Gasteiger partial charge in [-0.15, -0.1) is 5.10 Å². The molecule has 0 aliphatic carbocycles. The van der Waals surface area contributed by atoms with Gasteiger partial charge in [0.1, 0.15) is 5.69 Å². The average Bonchev–Trinajstić information content (AvgIpc) is 3.17. The summed E-state index contributed by atoms with van der Waals surface area (Å²) in [5.74, 6) is -0.0523. The summed E-state index contributed by atoms with van der Waals surface area (Å²) in [7, 11) is 1.58. The molecule has 1 fully saturated rings. The summed E-state index contributed by atoms with van der Waals surface area (Å²) < 4.78 is 6.57. The lowest BCUT2D eigenvalue weighted by molar-refractivity contribution is 0.0653. The highest BCUT2D eigenvalue weighted by atomic mass is 16.5. The van der Waals surface area contributed by atoms with Crippen molar-refractivity contribution in [2.75, 3.05) is 33.4 Å². The van der Waals surface area contributed by atoms with Crippen molar-refractivity contribution in [1.29, 1.82) is 0 Å². The Labute approximate surface area is 157 Å². The Balaban J connectivity index is 1.55. The van der Waals surface area contributed by atoms with Crippen LogP contribution in [0.1, 0.15) is 33.8 Å². The van der Waals surface area contributed by atoms with Crippen LogP contribution in [0.2, 0.25) is 0 Å². The third-order valence-corrected chi connectivity index (χ3v) is 4.50. The molecule has 2 aromatic rings. The molecule has 2 amide bonds. The fourth-order valence-electron chi connectivity index (χ4n) is 3.16. The highest BCUT2D eigenvalue weighted by Crippen LogP contribution is 2.19. The minimum absolute atomic E-state index is 0.0444. The molecule has 1 atom stereocenters. The largest absolute Gasteiger partial charge is 0.383 e. The van der Waals surface area contributed by atoms with E-state index in [0.29, 0.717) is 31.9 Å². The number of hydrogen-bond acceptors (Lipinski definition) is 6. The fourth-order valence-corrected chi connectivity index (χ4v) is 3.16. The van der Waals surface area contributed by atoms with E-state index in [1.54, 1.807) is 36.3 Å². The highest BCUT2D eigenvalue weighted by Gasteiger charge is 2.25. The molecular weight excluding hydrogens is 348 g/mol. The van der Waals surface area contributed by atoms with Crippen LogP contribution >= 0.6 is 0 Å². The zero-order valence-corrected chi connectivity index (χ0v) is 15.4. The summed E-state index contributed by atoms with van der Waals surface area (Å²) >= 11 is 0. The molecule has 2 aromatic heterocycles. The second kappa shape index (κ2) is 9.22. The van der Waals surface area contributed by atoms with Crippen molar-refractivity contribution in [2.45, 2.75) is 19.4 Å². The maximum Gasteiger partial charge on any atom is 0.273 e. The smallest absolute Gasteiger partial charge is 0.273 e. The van der Waals surface area contributed by atoms with Crippen LogP contribution in [0, 0.1) is 5.92 Å². The van der Waals surface area contributed by atoms with Crippen molar-refractivity contribution in [3.63, 3.8) is 0 Å². The molecule has 0 spiro atoms. The molecule has 1 saturated heterocycles. The lowest BCUT2D eigenvalue weighted by Gasteiger charge is -2.32. The van der Waals surface area contributed by atoms with Crippen LogP contribution in [-0.4, -0.2) is 70.0 Å². The number of nitrogens with zero attached hydrogens (tertiary/aromatic N) is 5. The van der Waals surface area contributed by atoms with Crippen molar-refractivity contribution in [2.24, 2.45) is 5.92 Å². The molecule has 0 saturated carbocycles. The van der Waals surface area contributed by atoms with E-state index in [-0.39, 0.29) is 23.4 Å². The molecule has 1 N–H and O–H groups in total.